The third kappa shape index (κ3) is 3.41. The summed E-state index contributed by atoms with van der Waals surface area (Å²) < 4.78 is 10.4. The van der Waals surface area contributed by atoms with Gasteiger partial charge in [0.25, 0.3) is 0 Å². The summed E-state index contributed by atoms with van der Waals surface area (Å²) in [7, 11) is 3.05. The molecule has 1 aromatic carbocycles. The summed E-state index contributed by atoms with van der Waals surface area (Å²) in [6.07, 6.45) is 3.59. The molecule has 0 unspecified atom stereocenters. The molecule has 0 aromatic heterocycles. The van der Waals surface area contributed by atoms with E-state index in [4.69, 9.17) is 26.8 Å². The predicted octanol–water partition coefficient (Wildman–Crippen LogP) is 2.81. The minimum atomic E-state index is -0.0668. The van der Waals surface area contributed by atoms with Crippen molar-refractivity contribution in [3.8, 4) is 11.5 Å². The third-order valence-corrected chi connectivity index (χ3v) is 4.43. The summed E-state index contributed by atoms with van der Waals surface area (Å²) >= 11 is 6.04. The molecule has 3 N–H and O–H groups in total. The molecule has 0 heterocycles. The number of benzene rings is 1. The average molecular weight is 313 g/mol. The lowest BCUT2D eigenvalue weighted by molar-refractivity contribution is -0.119. The van der Waals surface area contributed by atoms with Crippen molar-refractivity contribution in [2.45, 2.75) is 25.7 Å². The molecular weight excluding hydrogens is 292 g/mol. The first kappa shape index (κ1) is 15.9. The Bertz CT molecular complexity index is 524. The van der Waals surface area contributed by atoms with Crippen molar-refractivity contribution in [2.75, 3.05) is 26.1 Å². The molecule has 0 aliphatic heterocycles. The highest BCUT2D eigenvalue weighted by molar-refractivity contribution is 6.32. The maximum Gasteiger partial charge on any atom is 0.225 e. The zero-order valence-electron chi connectivity index (χ0n) is 12.4. The molecule has 1 aromatic rings. The normalized spacial score (nSPS) is 16.0. The van der Waals surface area contributed by atoms with Gasteiger partial charge in [0.15, 0.2) is 0 Å². The number of hydrogen-bond acceptors (Lipinski definition) is 4. The molecule has 0 bridgehead atoms. The number of hydrogen-bond donors (Lipinski definition) is 2. The maximum absolute atomic E-state index is 12.2. The summed E-state index contributed by atoms with van der Waals surface area (Å²) in [5.41, 5.74) is 6.31. The Morgan fingerprint density at radius 3 is 2.48 bits per heavy atom. The lowest BCUT2D eigenvalue weighted by Crippen LogP contribution is -2.40. The monoisotopic (exact) mass is 312 g/mol. The van der Waals surface area contributed by atoms with Gasteiger partial charge in [-0.15, -0.1) is 0 Å². The first-order valence-electron chi connectivity index (χ1n) is 6.95. The van der Waals surface area contributed by atoms with Gasteiger partial charge in [-0.05, 0) is 24.8 Å². The number of rotatable bonds is 6. The van der Waals surface area contributed by atoms with Gasteiger partial charge < -0.3 is 20.5 Å². The summed E-state index contributed by atoms with van der Waals surface area (Å²) in [6.45, 7) is 0.543. The minimum Gasteiger partial charge on any atom is -0.495 e. The van der Waals surface area contributed by atoms with Gasteiger partial charge in [0.05, 0.1) is 24.9 Å². The first-order valence-corrected chi connectivity index (χ1v) is 7.33. The van der Waals surface area contributed by atoms with Crippen LogP contribution in [0.4, 0.5) is 5.69 Å². The molecule has 1 aliphatic rings. The SMILES string of the molecule is COc1cc(NC(=O)CC2(CN)CCC2)c(OC)cc1Cl. The van der Waals surface area contributed by atoms with Gasteiger partial charge in [0, 0.05) is 18.6 Å². The highest BCUT2D eigenvalue weighted by atomic mass is 35.5. The van der Waals surface area contributed by atoms with Crippen molar-refractivity contribution in [1.82, 2.24) is 0 Å². The summed E-state index contributed by atoms with van der Waals surface area (Å²) in [6, 6.07) is 3.28. The Kier molecular flexibility index (Phi) is 4.96. The van der Waals surface area contributed by atoms with E-state index in [9.17, 15) is 4.79 Å². The quantitative estimate of drug-likeness (QED) is 0.847. The van der Waals surface area contributed by atoms with Gasteiger partial charge in [-0.25, -0.2) is 0 Å². The highest BCUT2D eigenvalue weighted by Gasteiger charge is 2.37. The molecule has 6 heteroatoms. The van der Waals surface area contributed by atoms with Gasteiger partial charge in [-0.2, -0.15) is 0 Å². The Balaban J connectivity index is 2.12. The van der Waals surface area contributed by atoms with Gasteiger partial charge >= 0.3 is 0 Å². The molecule has 1 aliphatic carbocycles. The standard InChI is InChI=1S/C15H21ClN2O3/c1-20-12-7-11(13(21-2)6-10(12)16)18-14(19)8-15(9-17)4-3-5-15/h6-7H,3-5,8-9,17H2,1-2H3,(H,18,19). The smallest absolute Gasteiger partial charge is 0.225 e. The molecule has 0 spiro atoms. The van der Waals surface area contributed by atoms with E-state index in [2.05, 4.69) is 5.32 Å². The molecule has 116 valence electrons. The zero-order chi connectivity index (χ0) is 15.5. The van der Waals surface area contributed by atoms with E-state index in [1.54, 1.807) is 12.1 Å². The second kappa shape index (κ2) is 6.54. The summed E-state index contributed by atoms with van der Waals surface area (Å²) in [5, 5.41) is 3.30. The van der Waals surface area contributed by atoms with Gasteiger partial charge in [0.2, 0.25) is 5.91 Å². The van der Waals surface area contributed by atoms with Crippen LogP contribution in [0.2, 0.25) is 5.02 Å². The zero-order valence-corrected chi connectivity index (χ0v) is 13.1. The van der Waals surface area contributed by atoms with Gasteiger partial charge in [-0.3, -0.25) is 4.79 Å². The number of amides is 1. The second-order valence-electron chi connectivity index (χ2n) is 5.47. The van der Waals surface area contributed by atoms with Crippen LogP contribution in [0.1, 0.15) is 25.7 Å². The number of ether oxygens (including phenoxy) is 2. The number of carbonyl (C=O) groups is 1. The van der Waals surface area contributed by atoms with E-state index in [0.29, 0.717) is 35.2 Å². The molecular formula is C15H21ClN2O3. The number of nitrogens with two attached hydrogens (primary N) is 1. The molecule has 21 heavy (non-hydrogen) atoms. The van der Waals surface area contributed by atoms with Crippen LogP contribution in [0.15, 0.2) is 12.1 Å². The lowest BCUT2D eigenvalue weighted by Gasteiger charge is -2.40. The summed E-state index contributed by atoms with van der Waals surface area (Å²) in [5.74, 6) is 0.928. The van der Waals surface area contributed by atoms with Crippen LogP contribution >= 0.6 is 11.6 Å². The highest BCUT2D eigenvalue weighted by Crippen LogP contribution is 2.43. The van der Waals surface area contributed by atoms with E-state index < -0.39 is 0 Å². The van der Waals surface area contributed by atoms with Crippen molar-refractivity contribution in [3.63, 3.8) is 0 Å². The molecule has 1 amide bonds. The fraction of sp³-hybridized carbons (Fsp3) is 0.533. The van der Waals surface area contributed by atoms with Crippen molar-refractivity contribution in [2.24, 2.45) is 11.1 Å². The average Bonchev–Trinajstić information content (AvgIpc) is 2.44. The van der Waals surface area contributed by atoms with Crippen LogP contribution in [0, 0.1) is 5.41 Å². The van der Waals surface area contributed by atoms with Crippen LogP contribution in [-0.4, -0.2) is 26.7 Å². The topological polar surface area (TPSA) is 73.6 Å². The first-order chi connectivity index (χ1) is 10.0. The molecule has 1 fully saturated rings. The van der Waals surface area contributed by atoms with Crippen molar-refractivity contribution in [1.29, 1.82) is 0 Å². The second-order valence-corrected chi connectivity index (χ2v) is 5.88. The van der Waals surface area contributed by atoms with Gasteiger partial charge in [-0.1, -0.05) is 18.0 Å². The predicted molar refractivity (Wildman–Crippen MR) is 83.1 cm³/mol. The third-order valence-electron chi connectivity index (χ3n) is 4.13. The summed E-state index contributed by atoms with van der Waals surface area (Å²) in [4.78, 5) is 12.2. The van der Waals surface area contributed by atoms with E-state index in [0.717, 1.165) is 19.3 Å². The molecule has 0 radical (unpaired) electrons. The van der Waals surface area contributed by atoms with Crippen LogP contribution in [0.3, 0.4) is 0 Å². The molecule has 1 saturated carbocycles. The minimum absolute atomic E-state index is 0.0339. The lowest BCUT2D eigenvalue weighted by atomic mass is 9.66. The maximum atomic E-state index is 12.2. The van der Waals surface area contributed by atoms with E-state index in [1.165, 1.54) is 14.2 Å². The molecule has 0 saturated heterocycles. The Morgan fingerprint density at radius 1 is 1.33 bits per heavy atom. The van der Waals surface area contributed by atoms with E-state index >= 15 is 0 Å². The van der Waals surface area contributed by atoms with Crippen molar-refractivity contribution < 1.29 is 14.3 Å². The number of anilines is 1. The molecule has 5 nitrogen and oxygen atoms in total. The van der Waals surface area contributed by atoms with Crippen molar-refractivity contribution >= 4 is 23.2 Å². The van der Waals surface area contributed by atoms with E-state index in [-0.39, 0.29) is 11.3 Å². The largest absolute Gasteiger partial charge is 0.495 e. The van der Waals surface area contributed by atoms with Crippen LogP contribution in [0.25, 0.3) is 0 Å². The van der Waals surface area contributed by atoms with Crippen LogP contribution < -0.4 is 20.5 Å². The number of carbonyl (C=O) groups excluding carboxylic acids is 1. The Hall–Kier alpha value is -1.46. The van der Waals surface area contributed by atoms with Crippen LogP contribution in [0.5, 0.6) is 11.5 Å². The molecule has 0 atom stereocenters. The fourth-order valence-corrected chi connectivity index (χ4v) is 2.85. The number of halogens is 1. The Labute approximate surface area is 129 Å². The Morgan fingerprint density at radius 2 is 2.00 bits per heavy atom. The van der Waals surface area contributed by atoms with Crippen molar-refractivity contribution in [3.05, 3.63) is 17.2 Å². The fourth-order valence-electron chi connectivity index (χ4n) is 2.62. The van der Waals surface area contributed by atoms with Gasteiger partial charge in [0.1, 0.15) is 11.5 Å². The number of methoxy groups -OCH3 is 2. The van der Waals surface area contributed by atoms with E-state index in [1.807, 2.05) is 0 Å². The molecule has 2 rings (SSSR count). The van der Waals surface area contributed by atoms with Crippen LogP contribution in [-0.2, 0) is 4.79 Å². The number of nitrogens with one attached hydrogen (secondary N) is 1.